The van der Waals surface area contributed by atoms with Crippen molar-refractivity contribution >= 4 is 44.9 Å². The van der Waals surface area contributed by atoms with Crippen LogP contribution in [-0.2, 0) is 14.8 Å². The zero-order valence-corrected chi connectivity index (χ0v) is 15.9. The Hall–Kier alpha value is -1.96. The van der Waals surface area contributed by atoms with Gasteiger partial charge in [0.2, 0.25) is 0 Å². The van der Waals surface area contributed by atoms with Crippen LogP contribution in [0.25, 0.3) is 0 Å². The normalized spacial score (nSPS) is 11.1. The second-order valence-corrected chi connectivity index (χ2v) is 7.38. The largest absolute Gasteiger partial charge is 0.495 e. The van der Waals surface area contributed by atoms with E-state index in [-0.39, 0.29) is 31.9 Å². The van der Waals surface area contributed by atoms with Crippen LogP contribution < -0.4 is 9.46 Å². The van der Waals surface area contributed by atoms with Crippen LogP contribution in [0.2, 0.25) is 10.0 Å². The van der Waals surface area contributed by atoms with Crippen molar-refractivity contribution < 1.29 is 22.7 Å². The van der Waals surface area contributed by atoms with Crippen LogP contribution in [0, 0.1) is 6.92 Å². The van der Waals surface area contributed by atoms with Gasteiger partial charge in [0, 0.05) is 0 Å². The first-order valence-corrected chi connectivity index (χ1v) is 9.19. The van der Waals surface area contributed by atoms with Crippen molar-refractivity contribution in [2.24, 2.45) is 0 Å². The Balaban J connectivity index is 2.47. The molecule has 2 rings (SSSR count). The number of sulfonamides is 1. The molecule has 2 aromatic rings. The number of ether oxygens (including phenoxy) is 2. The second kappa shape index (κ2) is 7.51. The molecule has 0 spiro atoms. The molecule has 9 heteroatoms. The third-order valence-corrected chi connectivity index (χ3v) is 5.89. The van der Waals surface area contributed by atoms with Gasteiger partial charge in [0.05, 0.1) is 30.5 Å². The number of rotatable bonds is 5. The maximum Gasteiger partial charge on any atom is 0.338 e. The quantitative estimate of drug-likeness (QED) is 0.765. The Kier molecular flexibility index (Phi) is 5.82. The summed E-state index contributed by atoms with van der Waals surface area (Å²) < 4.78 is 37.4. The summed E-state index contributed by atoms with van der Waals surface area (Å²) in [4.78, 5) is 11.5. The van der Waals surface area contributed by atoms with E-state index in [1.54, 1.807) is 13.0 Å². The third-order valence-electron chi connectivity index (χ3n) is 3.50. The fourth-order valence-corrected chi connectivity index (χ4v) is 4.12. The molecule has 0 heterocycles. The molecule has 0 aliphatic heterocycles. The molecule has 134 valence electrons. The molecular formula is C16H15Cl2NO5S. The molecule has 2 aromatic carbocycles. The average molecular weight is 404 g/mol. The predicted octanol–water partition coefficient (Wildman–Crippen LogP) is 3.90. The molecule has 0 atom stereocenters. The topological polar surface area (TPSA) is 81.7 Å². The van der Waals surface area contributed by atoms with Crippen LogP contribution in [0.15, 0.2) is 35.2 Å². The summed E-state index contributed by atoms with van der Waals surface area (Å²) in [5, 5.41) is -0.164. The van der Waals surface area contributed by atoms with Crippen LogP contribution in [0.5, 0.6) is 5.75 Å². The van der Waals surface area contributed by atoms with E-state index in [0.717, 1.165) is 0 Å². The van der Waals surface area contributed by atoms with Crippen molar-refractivity contribution in [2.75, 3.05) is 18.9 Å². The number of hydrogen-bond donors (Lipinski definition) is 1. The molecule has 0 saturated carbocycles. The zero-order chi connectivity index (χ0) is 18.8. The number of methoxy groups -OCH3 is 2. The highest BCUT2D eigenvalue weighted by molar-refractivity contribution is 7.92. The molecule has 0 unspecified atom stereocenters. The predicted molar refractivity (Wildman–Crippen MR) is 96.3 cm³/mol. The molecule has 25 heavy (non-hydrogen) atoms. The lowest BCUT2D eigenvalue weighted by molar-refractivity contribution is 0.0600. The summed E-state index contributed by atoms with van der Waals surface area (Å²) in [5.74, 6) is -0.307. The summed E-state index contributed by atoms with van der Waals surface area (Å²) in [7, 11) is -1.39. The summed E-state index contributed by atoms with van der Waals surface area (Å²) in [6.07, 6.45) is 0. The lowest BCUT2D eigenvalue weighted by atomic mass is 10.1. The van der Waals surface area contributed by atoms with Gasteiger partial charge >= 0.3 is 5.97 Å². The highest BCUT2D eigenvalue weighted by atomic mass is 35.5. The number of nitrogens with one attached hydrogen (secondary N) is 1. The van der Waals surface area contributed by atoms with E-state index in [9.17, 15) is 13.2 Å². The highest BCUT2D eigenvalue weighted by Crippen LogP contribution is 2.37. The van der Waals surface area contributed by atoms with Gasteiger partial charge in [-0.2, -0.15) is 0 Å². The SMILES string of the molecule is COC(=O)c1cccc(NS(=O)(=O)c2ccc(OC)c(Cl)c2Cl)c1C. The van der Waals surface area contributed by atoms with E-state index in [1.807, 2.05) is 0 Å². The maximum atomic E-state index is 12.7. The van der Waals surface area contributed by atoms with Crippen LogP contribution in [0.1, 0.15) is 15.9 Å². The van der Waals surface area contributed by atoms with Gasteiger partial charge in [-0.05, 0) is 36.8 Å². The Morgan fingerprint density at radius 3 is 2.36 bits per heavy atom. The smallest absolute Gasteiger partial charge is 0.338 e. The molecule has 0 aromatic heterocycles. The maximum absolute atomic E-state index is 12.7. The monoisotopic (exact) mass is 403 g/mol. The third kappa shape index (κ3) is 3.84. The number of halogens is 2. The van der Waals surface area contributed by atoms with Crippen LogP contribution >= 0.6 is 23.2 Å². The van der Waals surface area contributed by atoms with Crippen molar-refractivity contribution in [1.29, 1.82) is 0 Å². The molecule has 0 aliphatic rings. The van der Waals surface area contributed by atoms with Crippen molar-refractivity contribution in [3.63, 3.8) is 0 Å². The fourth-order valence-electron chi connectivity index (χ4n) is 2.16. The minimum atomic E-state index is -4.04. The van der Waals surface area contributed by atoms with E-state index in [1.165, 1.54) is 38.5 Å². The highest BCUT2D eigenvalue weighted by Gasteiger charge is 2.23. The van der Waals surface area contributed by atoms with E-state index in [2.05, 4.69) is 9.46 Å². The molecule has 0 fully saturated rings. The van der Waals surface area contributed by atoms with Gasteiger partial charge in [0.1, 0.15) is 15.7 Å². The lowest BCUT2D eigenvalue weighted by Gasteiger charge is -2.14. The minimum Gasteiger partial charge on any atom is -0.495 e. The number of anilines is 1. The number of esters is 1. The Bertz CT molecular complexity index is 928. The molecule has 0 aliphatic carbocycles. The van der Waals surface area contributed by atoms with Gasteiger partial charge in [0.15, 0.2) is 0 Å². The minimum absolute atomic E-state index is 0.00734. The van der Waals surface area contributed by atoms with Crippen molar-refractivity contribution in [3.8, 4) is 5.75 Å². The lowest BCUT2D eigenvalue weighted by Crippen LogP contribution is -2.16. The van der Waals surface area contributed by atoms with Crippen LogP contribution in [0.3, 0.4) is 0 Å². The molecular weight excluding hydrogens is 389 g/mol. The number of hydrogen-bond acceptors (Lipinski definition) is 5. The van der Waals surface area contributed by atoms with E-state index in [4.69, 9.17) is 27.9 Å². The summed E-state index contributed by atoms with van der Waals surface area (Å²) >= 11 is 12.1. The van der Waals surface area contributed by atoms with Crippen molar-refractivity contribution in [3.05, 3.63) is 51.5 Å². The summed E-state index contributed by atoms with van der Waals surface area (Å²) in [5.41, 5.74) is 0.904. The molecule has 0 bridgehead atoms. The first-order valence-electron chi connectivity index (χ1n) is 6.95. The van der Waals surface area contributed by atoms with Gasteiger partial charge in [-0.1, -0.05) is 29.3 Å². The Morgan fingerprint density at radius 1 is 1.08 bits per heavy atom. The molecule has 1 N–H and O–H groups in total. The van der Waals surface area contributed by atoms with Gasteiger partial charge in [-0.15, -0.1) is 0 Å². The van der Waals surface area contributed by atoms with E-state index >= 15 is 0 Å². The van der Waals surface area contributed by atoms with Gasteiger partial charge in [-0.3, -0.25) is 4.72 Å². The average Bonchev–Trinajstić information content (AvgIpc) is 2.58. The molecule has 0 radical (unpaired) electrons. The number of benzene rings is 2. The van der Waals surface area contributed by atoms with E-state index < -0.39 is 16.0 Å². The van der Waals surface area contributed by atoms with Gasteiger partial charge < -0.3 is 9.47 Å². The molecule has 0 amide bonds. The standard InChI is InChI=1S/C16H15Cl2NO5S/c1-9-10(16(20)24-3)5-4-6-11(9)19-25(21,22)13-8-7-12(23-2)14(17)15(13)18/h4-8,19H,1-3H3. The molecule has 0 saturated heterocycles. The van der Waals surface area contributed by atoms with Crippen LogP contribution in [0.4, 0.5) is 5.69 Å². The summed E-state index contributed by atoms with van der Waals surface area (Å²) in [6, 6.07) is 7.30. The number of carbonyl (C=O) groups excluding carboxylic acids is 1. The summed E-state index contributed by atoms with van der Waals surface area (Å²) in [6.45, 7) is 1.60. The van der Waals surface area contributed by atoms with Crippen molar-refractivity contribution in [2.45, 2.75) is 11.8 Å². The van der Waals surface area contributed by atoms with Gasteiger partial charge in [-0.25, -0.2) is 13.2 Å². The second-order valence-electron chi connectivity index (χ2n) is 4.97. The zero-order valence-electron chi connectivity index (χ0n) is 13.6. The molecule has 6 nitrogen and oxygen atoms in total. The number of carbonyl (C=O) groups is 1. The first-order chi connectivity index (χ1) is 11.7. The first kappa shape index (κ1) is 19.4. The van der Waals surface area contributed by atoms with Gasteiger partial charge in [0.25, 0.3) is 10.0 Å². The van der Waals surface area contributed by atoms with Crippen LogP contribution in [-0.4, -0.2) is 28.6 Å². The fraction of sp³-hybridized carbons (Fsp3) is 0.188. The van der Waals surface area contributed by atoms with E-state index in [0.29, 0.717) is 5.56 Å². The Morgan fingerprint density at radius 2 is 1.76 bits per heavy atom. The Labute approximate surface area is 155 Å². The van der Waals surface area contributed by atoms with Crippen molar-refractivity contribution in [1.82, 2.24) is 0 Å².